The van der Waals surface area contributed by atoms with Crippen molar-refractivity contribution in [1.82, 2.24) is 5.32 Å². The van der Waals surface area contributed by atoms with Crippen molar-refractivity contribution >= 4 is 17.8 Å². The minimum atomic E-state index is -1.23. The highest BCUT2D eigenvalue weighted by Crippen LogP contribution is 2.00. The maximum absolute atomic E-state index is 10.3. The van der Waals surface area contributed by atoms with E-state index in [0.29, 0.717) is 19.3 Å². The molecule has 0 unspecified atom stereocenters. The molecule has 1 aliphatic heterocycles. The number of rotatable bonds is 1. The molecule has 1 fully saturated rings. The van der Waals surface area contributed by atoms with Crippen LogP contribution in [0.25, 0.3) is 0 Å². The van der Waals surface area contributed by atoms with Crippen LogP contribution in [0.4, 0.5) is 0 Å². The molecule has 0 aromatic rings. The fourth-order valence-corrected chi connectivity index (χ4v) is 0.690. The molecule has 0 aromatic carbocycles. The van der Waals surface area contributed by atoms with Crippen molar-refractivity contribution in [3.8, 4) is 0 Å². The molecular formula is C8H10NO4-. The van der Waals surface area contributed by atoms with Gasteiger partial charge >= 0.3 is 0 Å². The number of nitrogens with one attached hydrogen (secondary N) is 1. The summed E-state index contributed by atoms with van der Waals surface area (Å²) in [4.78, 5) is 29.8. The van der Waals surface area contributed by atoms with Crippen LogP contribution in [0.3, 0.4) is 0 Å². The van der Waals surface area contributed by atoms with Gasteiger partial charge in [-0.1, -0.05) is 6.58 Å². The van der Waals surface area contributed by atoms with Crippen LogP contribution in [0.15, 0.2) is 12.7 Å². The zero-order valence-corrected chi connectivity index (χ0v) is 7.04. The molecule has 0 radical (unpaired) electrons. The van der Waals surface area contributed by atoms with E-state index in [9.17, 15) is 9.59 Å². The lowest BCUT2D eigenvalue weighted by molar-refractivity contribution is -0.297. The first-order chi connectivity index (χ1) is 6.06. The lowest BCUT2D eigenvalue weighted by Gasteiger charge is -2.07. The molecule has 0 aliphatic carbocycles. The summed E-state index contributed by atoms with van der Waals surface area (Å²) in [5, 5.41) is 11.3. The molecule has 1 rings (SSSR count). The number of carbonyl (C=O) groups excluding carboxylic acids is 3. The van der Waals surface area contributed by atoms with Gasteiger partial charge in [-0.25, -0.2) is 0 Å². The van der Waals surface area contributed by atoms with Crippen molar-refractivity contribution < 1.29 is 19.5 Å². The average molecular weight is 184 g/mol. The Morgan fingerprint density at radius 3 is 1.92 bits per heavy atom. The van der Waals surface area contributed by atoms with Crippen LogP contribution < -0.4 is 10.4 Å². The van der Waals surface area contributed by atoms with Crippen molar-refractivity contribution in [2.75, 3.05) is 0 Å². The SMILES string of the molecule is C=CC(=O)[O-].O=C1CCCC(=O)N1. The van der Waals surface area contributed by atoms with E-state index < -0.39 is 5.97 Å². The highest BCUT2D eigenvalue weighted by atomic mass is 16.4. The number of piperidine rings is 1. The van der Waals surface area contributed by atoms with Crippen LogP contribution in [-0.4, -0.2) is 17.8 Å². The van der Waals surface area contributed by atoms with Crippen molar-refractivity contribution in [3.63, 3.8) is 0 Å². The predicted molar refractivity (Wildman–Crippen MR) is 42.2 cm³/mol. The first kappa shape index (κ1) is 11.4. The summed E-state index contributed by atoms with van der Waals surface area (Å²) < 4.78 is 0. The van der Waals surface area contributed by atoms with E-state index in [-0.39, 0.29) is 11.8 Å². The van der Waals surface area contributed by atoms with Crippen molar-refractivity contribution in [2.45, 2.75) is 19.3 Å². The molecule has 0 atom stereocenters. The smallest absolute Gasteiger partial charge is 0.226 e. The predicted octanol–water partition coefficient (Wildman–Crippen LogP) is -1.26. The number of carbonyl (C=O) groups is 3. The van der Waals surface area contributed by atoms with Gasteiger partial charge in [-0.15, -0.1) is 0 Å². The van der Waals surface area contributed by atoms with Gasteiger partial charge in [-0.3, -0.25) is 14.9 Å². The molecule has 0 spiro atoms. The fourth-order valence-electron chi connectivity index (χ4n) is 0.690. The summed E-state index contributed by atoms with van der Waals surface area (Å²) in [6.07, 6.45) is 2.45. The number of amides is 2. The van der Waals surface area contributed by atoms with Gasteiger partial charge in [0.25, 0.3) is 0 Å². The molecule has 1 aliphatic rings. The molecule has 0 aromatic heterocycles. The highest BCUT2D eigenvalue weighted by Gasteiger charge is 2.12. The number of carboxylic acid groups (broad SMARTS) is 1. The first-order valence-corrected chi connectivity index (χ1v) is 3.72. The molecule has 2 amide bonds. The second-order valence-corrected chi connectivity index (χ2v) is 2.35. The monoisotopic (exact) mass is 184 g/mol. The summed E-state index contributed by atoms with van der Waals surface area (Å²) in [5.41, 5.74) is 0. The Morgan fingerprint density at radius 1 is 1.38 bits per heavy atom. The van der Waals surface area contributed by atoms with Crippen LogP contribution in [-0.2, 0) is 14.4 Å². The van der Waals surface area contributed by atoms with Gasteiger partial charge in [0.05, 0.1) is 5.97 Å². The molecule has 72 valence electrons. The number of carboxylic acids is 1. The van der Waals surface area contributed by atoms with Crippen LogP contribution in [0.5, 0.6) is 0 Å². The minimum Gasteiger partial charge on any atom is -0.545 e. The van der Waals surface area contributed by atoms with E-state index in [1.165, 1.54) is 0 Å². The third-order valence-corrected chi connectivity index (χ3v) is 1.25. The standard InChI is InChI=1S/C5H7NO2.C3H4O2/c7-4-2-1-3-5(8)6-4;1-2-3(4)5/h1-3H2,(H,6,7,8);2H,1H2,(H,4,5)/p-1. The minimum absolute atomic E-state index is 0.138. The Hall–Kier alpha value is -1.65. The maximum Gasteiger partial charge on any atom is 0.226 e. The van der Waals surface area contributed by atoms with Crippen molar-refractivity contribution in [2.24, 2.45) is 0 Å². The fraction of sp³-hybridized carbons (Fsp3) is 0.375. The normalized spacial score (nSPS) is 15.1. The second kappa shape index (κ2) is 5.93. The van der Waals surface area contributed by atoms with E-state index in [2.05, 4.69) is 11.9 Å². The van der Waals surface area contributed by atoms with Gasteiger partial charge in [0, 0.05) is 12.8 Å². The summed E-state index contributed by atoms with van der Waals surface area (Å²) in [6.45, 7) is 2.90. The summed E-state index contributed by atoms with van der Waals surface area (Å²) in [7, 11) is 0. The Balaban J connectivity index is 0.000000252. The lowest BCUT2D eigenvalue weighted by atomic mass is 10.1. The number of aliphatic carboxylic acids is 1. The number of hydrogen-bond acceptors (Lipinski definition) is 4. The highest BCUT2D eigenvalue weighted by molar-refractivity contribution is 5.97. The Bertz CT molecular complexity index is 220. The van der Waals surface area contributed by atoms with Gasteiger partial charge < -0.3 is 9.90 Å². The van der Waals surface area contributed by atoms with Gasteiger partial charge in [-0.2, -0.15) is 0 Å². The molecule has 1 N–H and O–H groups in total. The van der Waals surface area contributed by atoms with Crippen LogP contribution in [0.2, 0.25) is 0 Å². The maximum atomic E-state index is 10.3. The van der Waals surface area contributed by atoms with Gasteiger partial charge in [0.2, 0.25) is 11.8 Å². The average Bonchev–Trinajstić information content (AvgIpc) is 2.05. The van der Waals surface area contributed by atoms with E-state index in [1.54, 1.807) is 0 Å². The molecular weight excluding hydrogens is 174 g/mol. The van der Waals surface area contributed by atoms with Gasteiger partial charge in [-0.05, 0) is 12.5 Å². The number of hydrogen-bond donors (Lipinski definition) is 1. The summed E-state index contributed by atoms with van der Waals surface area (Å²) in [5.74, 6) is -1.51. The molecule has 1 heterocycles. The van der Waals surface area contributed by atoms with Crippen molar-refractivity contribution in [1.29, 1.82) is 0 Å². The number of imide groups is 1. The molecule has 5 nitrogen and oxygen atoms in total. The Labute approximate surface area is 75.4 Å². The zero-order chi connectivity index (χ0) is 10.3. The largest absolute Gasteiger partial charge is 0.545 e. The van der Waals surface area contributed by atoms with Crippen LogP contribution >= 0.6 is 0 Å². The third kappa shape index (κ3) is 6.74. The van der Waals surface area contributed by atoms with E-state index >= 15 is 0 Å². The Kier molecular flexibility index (Phi) is 5.18. The van der Waals surface area contributed by atoms with E-state index in [1.807, 2.05) is 0 Å². The molecule has 0 bridgehead atoms. The van der Waals surface area contributed by atoms with Gasteiger partial charge in [0.15, 0.2) is 0 Å². The van der Waals surface area contributed by atoms with Crippen LogP contribution in [0, 0.1) is 0 Å². The topological polar surface area (TPSA) is 86.3 Å². The first-order valence-electron chi connectivity index (χ1n) is 3.72. The summed E-state index contributed by atoms with van der Waals surface area (Å²) >= 11 is 0. The van der Waals surface area contributed by atoms with E-state index in [0.717, 1.165) is 6.08 Å². The third-order valence-electron chi connectivity index (χ3n) is 1.25. The molecule has 13 heavy (non-hydrogen) atoms. The summed E-state index contributed by atoms with van der Waals surface area (Å²) in [6, 6.07) is 0. The Morgan fingerprint density at radius 2 is 1.77 bits per heavy atom. The molecule has 5 heteroatoms. The second-order valence-electron chi connectivity index (χ2n) is 2.35. The molecule has 1 saturated heterocycles. The lowest BCUT2D eigenvalue weighted by Crippen LogP contribution is -2.33. The van der Waals surface area contributed by atoms with Gasteiger partial charge in [0.1, 0.15) is 0 Å². The molecule has 0 saturated carbocycles. The van der Waals surface area contributed by atoms with Crippen LogP contribution in [0.1, 0.15) is 19.3 Å². The quantitative estimate of drug-likeness (QED) is 0.407. The van der Waals surface area contributed by atoms with E-state index in [4.69, 9.17) is 9.90 Å². The zero-order valence-electron chi connectivity index (χ0n) is 7.04. The van der Waals surface area contributed by atoms with Crippen molar-refractivity contribution in [3.05, 3.63) is 12.7 Å².